The van der Waals surface area contributed by atoms with E-state index in [1.807, 2.05) is 43.1 Å². The lowest BCUT2D eigenvalue weighted by Gasteiger charge is -2.34. The van der Waals surface area contributed by atoms with E-state index < -0.39 is 5.91 Å². The van der Waals surface area contributed by atoms with Gasteiger partial charge in [-0.3, -0.25) is 9.79 Å². The zero-order valence-electron chi connectivity index (χ0n) is 14.7. The molecule has 140 valence electrons. The highest BCUT2D eigenvalue weighted by molar-refractivity contribution is 14.0. The molecule has 6 nitrogen and oxygen atoms in total. The Morgan fingerprint density at radius 2 is 2.32 bits per heavy atom. The molecule has 1 heterocycles. The predicted octanol–water partition coefficient (Wildman–Crippen LogP) is 2.07. The van der Waals surface area contributed by atoms with Crippen molar-refractivity contribution in [2.45, 2.75) is 25.1 Å². The van der Waals surface area contributed by atoms with Crippen molar-refractivity contribution in [2.24, 2.45) is 10.7 Å². The minimum absolute atomic E-state index is 0. The molecule has 0 aliphatic carbocycles. The highest BCUT2D eigenvalue weighted by atomic mass is 127. The van der Waals surface area contributed by atoms with Crippen molar-refractivity contribution in [3.8, 4) is 5.75 Å². The first-order valence-electron chi connectivity index (χ1n) is 8.19. The molecule has 1 aromatic rings. The van der Waals surface area contributed by atoms with Gasteiger partial charge in [-0.1, -0.05) is 19.1 Å². The van der Waals surface area contributed by atoms with Crippen LogP contribution in [0, 0.1) is 0 Å². The molecule has 0 aromatic heterocycles. The van der Waals surface area contributed by atoms with Crippen LogP contribution in [0.4, 0.5) is 0 Å². The highest BCUT2D eigenvalue weighted by Crippen LogP contribution is 2.21. The number of halogens is 1. The lowest BCUT2D eigenvalue weighted by Crippen LogP contribution is -2.47. The summed E-state index contributed by atoms with van der Waals surface area (Å²) in [5, 5.41) is 4.08. The van der Waals surface area contributed by atoms with E-state index in [1.165, 1.54) is 6.42 Å². The van der Waals surface area contributed by atoms with Crippen LogP contribution in [0.1, 0.15) is 18.9 Å². The van der Waals surface area contributed by atoms with Crippen molar-refractivity contribution in [2.75, 3.05) is 32.5 Å². The summed E-state index contributed by atoms with van der Waals surface area (Å²) in [5.74, 6) is 2.23. The van der Waals surface area contributed by atoms with E-state index in [2.05, 4.69) is 22.1 Å². The fraction of sp³-hybridized carbons (Fsp3) is 0.529. The predicted molar refractivity (Wildman–Crippen MR) is 115 cm³/mol. The molecule has 1 aliphatic heterocycles. The zero-order chi connectivity index (χ0) is 17.4. The number of ether oxygens (including phenoxy) is 1. The summed E-state index contributed by atoms with van der Waals surface area (Å²) in [6, 6.07) is 7.64. The molecule has 1 atom stereocenters. The van der Waals surface area contributed by atoms with Crippen LogP contribution in [0.5, 0.6) is 5.75 Å². The van der Waals surface area contributed by atoms with Gasteiger partial charge < -0.3 is 20.7 Å². The van der Waals surface area contributed by atoms with Gasteiger partial charge in [0.25, 0.3) is 5.91 Å². The third-order valence-corrected chi connectivity index (χ3v) is 5.21. The van der Waals surface area contributed by atoms with E-state index in [0.29, 0.717) is 17.5 Å². The molecule has 1 amide bonds. The Kier molecular flexibility index (Phi) is 10.0. The number of thioether (sulfide) groups is 1. The van der Waals surface area contributed by atoms with E-state index in [4.69, 9.17) is 10.5 Å². The Morgan fingerprint density at radius 3 is 3.00 bits per heavy atom. The average Bonchev–Trinajstić information content (AvgIpc) is 2.61. The van der Waals surface area contributed by atoms with E-state index in [9.17, 15) is 4.79 Å². The number of aliphatic imine (C=N–C) groups is 1. The Bertz CT molecular complexity index is 586. The summed E-state index contributed by atoms with van der Waals surface area (Å²) in [4.78, 5) is 17.5. The molecule has 1 saturated heterocycles. The zero-order valence-corrected chi connectivity index (χ0v) is 17.9. The van der Waals surface area contributed by atoms with Crippen LogP contribution in [-0.4, -0.2) is 54.5 Å². The van der Waals surface area contributed by atoms with Gasteiger partial charge in [0.05, 0.1) is 0 Å². The van der Waals surface area contributed by atoms with E-state index in [0.717, 1.165) is 30.4 Å². The molecule has 1 aliphatic rings. The number of guanidine groups is 1. The second-order valence-electron chi connectivity index (χ2n) is 5.65. The van der Waals surface area contributed by atoms with Gasteiger partial charge in [-0.05, 0) is 24.1 Å². The number of hydrogen-bond acceptors (Lipinski definition) is 4. The minimum Gasteiger partial charge on any atom is -0.484 e. The molecular weight excluding hydrogens is 451 g/mol. The number of nitrogens with zero attached hydrogens (tertiary/aromatic N) is 2. The summed E-state index contributed by atoms with van der Waals surface area (Å²) in [7, 11) is 1.82. The van der Waals surface area contributed by atoms with Crippen molar-refractivity contribution in [3.63, 3.8) is 0 Å². The molecular formula is C17H27IN4O2S. The minimum atomic E-state index is -0.479. The van der Waals surface area contributed by atoms with Crippen LogP contribution in [0.2, 0.25) is 0 Å². The van der Waals surface area contributed by atoms with Crippen molar-refractivity contribution < 1.29 is 9.53 Å². The number of amides is 1. The first-order chi connectivity index (χ1) is 11.6. The number of nitrogens with one attached hydrogen (secondary N) is 1. The van der Waals surface area contributed by atoms with Crippen LogP contribution in [0.3, 0.4) is 0 Å². The van der Waals surface area contributed by atoms with E-state index in [-0.39, 0.29) is 30.6 Å². The van der Waals surface area contributed by atoms with Crippen molar-refractivity contribution >= 4 is 47.6 Å². The lowest BCUT2D eigenvalue weighted by atomic mass is 10.2. The molecule has 0 bridgehead atoms. The smallest absolute Gasteiger partial charge is 0.255 e. The van der Waals surface area contributed by atoms with Crippen LogP contribution < -0.4 is 15.8 Å². The molecule has 1 unspecified atom stereocenters. The molecule has 3 N–H and O–H groups in total. The maximum Gasteiger partial charge on any atom is 0.255 e. The average molecular weight is 478 g/mol. The SMILES string of the molecule is CCC1CN(C(=NC)NCc2cccc(OCC(N)=O)c2)CCS1.I. The lowest BCUT2D eigenvalue weighted by molar-refractivity contribution is -0.119. The normalized spacial score (nSPS) is 17.6. The summed E-state index contributed by atoms with van der Waals surface area (Å²) in [6.45, 7) is 4.82. The van der Waals surface area contributed by atoms with Gasteiger partial charge in [0.15, 0.2) is 12.6 Å². The molecule has 1 fully saturated rings. The van der Waals surface area contributed by atoms with Gasteiger partial charge in [0, 0.05) is 37.7 Å². The largest absolute Gasteiger partial charge is 0.484 e. The topological polar surface area (TPSA) is 79.9 Å². The second-order valence-corrected chi connectivity index (χ2v) is 7.06. The van der Waals surface area contributed by atoms with Crippen LogP contribution in [0.25, 0.3) is 0 Å². The Balaban J connectivity index is 0.00000312. The van der Waals surface area contributed by atoms with Gasteiger partial charge in [-0.15, -0.1) is 24.0 Å². The molecule has 8 heteroatoms. The number of benzene rings is 1. The van der Waals surface area contributed by atoms with Crippen molar-refractivity contribution in [3.05, 3.63) is 29.8 Å². The number of rotatable bonds is 6. The van der Waals surface area contributed by atoms with Crippen LogP contribution in [0.15, 0.2) is 29.3 Å². The number of hydrogen-bond donors (Lipinski definition) is 2. The van der Waals surface area contributed by atoms with Gasteiger partial charge in [-0.2, -0.15) is 11.8 Å². The maximum atomic E-state index is 10.8. The van der Waals surface area contributed by atoms with Crippen LogP contribution >= 0.6 is 35.7 Å². The molecule has 0 radical (unpaired) electrons. The van der Waals surface area contributed by atoms with Gasteiger partial charge in [0.2, 0.25) is 0 Å². The summed E-state index contributed by atoms with van der Waals surface area (Å²) in [6.07, 6.45) is 1.18. The maximum absolute atomic E-state index is 10.8. The van der Waals surface area contributed by atoms with Crippen LogP contribution in [-0.2, 0) is 11.3 Å². The fourth-order valence-corrected chi connectivity index (χ4v) is 3.75. The Morgan fingerprint density at radius 1 is 1.52 bits per heavy atom. The van der Waals surface area contributed by atoms with Crippen molar-refractivity contribution in [1.82, 2.24) is 10.2 Å². The molecule has 0 spiro atoms. The Labute approximate surface area is 171 Å². The standard InChI is InChI=1S/C17H26N4O2S.HI/c1-3-15-11-21(7-8-24-15)17(19-2)20-10-13-5-4-6-14(9-13)23-12-16(18)22;/h4-6,9,15H,3,7-8,10-12H2,1-2H3,(H2,18,22)(H,19,20);1H. The third kappa shape index (κ3) is 7.31. The summed E-state index contributed by atoms with van der Waals surface area (Å²) in [5.41, 5.74) is 6.17. The molecule has 25 heavy (non-hydrogen) atoms. The van der Waals surface area contributed by atoms with E-state index in [1.54, 1.807) is 0 Å². The number of nitrogens with two attached hydrogens (primary N) is 1. The second kappa shape index (κ2) is 11.5. The van der Waals surface area contributed by atoms with Gasteiger partial charge >= 0.3 is 0 Å². The number of primary amides is 1. The summed E-state index contributed by atoms with van der Waals surface area (Å²) >= 11 is 2.04. The molecule has 1 aromatic carbocycles. The van der Waals surface area contributed by atoms with E-state index >= 15 is 0 Å². The number of carbonyl (C=O) groups is 1. The monoisotopic (exact) mass is 478 g/mol. The fourth-order valence-electron chi connectivity index (χ4n) is 2.57. The highest BCUT2D eigenvalue weighted by Gasteiger charge is 2.21. The Hall–Kier alpha value is -1.16. The first kappa shape index (κ1) is 21.9. The molecule has 0 saturated carbocycles. The summed E-state index contributed by atoms with van der Waals surface area (Å²) < 4.78 is 5.34. The first-order valence-corrected chi connectivity index (χ1v) is 9.24. The van der Waals surface area contributed by atoms with Gasteiger partial charge in [-0.25, -0.2) is 0 Å². The molecule has 2 rings (SSSR count). The van der Waals surface area contributed by atoms with Gasteiger partial charge in [0.1, 0.15) is 5.75 Å². The third-order valence-electron chi connectivity index (χ3n) is 3.84. The number of carbonyl (C=O) groups excluding carboxylic acids is 1. The van der Waals surface area contributed by atoms with Crippen molar-refractivity contribution in [1.29, 1.82) is 0 Å². The quantitative estimate of drug-likeness (QED) is 0.372.